The number of carbonyl (C=O) groups excluding carboxylic acids is 5. The van der Waals surface area contributed by atoms with E-state index < -0.39 is 134 Å². The third kappa shape index (κ3) is 17.7. The molecule has 22 nitrogen and oxygen atoms in total. The normalized spacial score (nSPS) is 13.1. The summed E-state index contributed by atoms with van der Waals surface area (Å²) in [5.41, 5.74) is 0.402. The molecule has 0 radical (unpaired) electrons. The number of nitrogens with zero attached hydrogens (tertiary/aromatic N) is 1. The van der Waals surface area contributed by atoms with E-state index in [9.17, 15) is 72.8 Å². The molecular formula is C41H48FN7O15. The highest BCUT2D eigenvalue weighted by atomic mass is 18.2. The highest BCUT2D eigenvalue weighted by molar-refractivity contribution is 5.99. The van der Waals surface area contributed by atoms with Crippen LogP contribution in [0.15, 0.2) is 60.8 Å². The second kappa shape index (κ2) is 25.3. The molecule has 2 aromatic carbocycles. The second-order valence-corrected chi connectivity index (χ2v) is 14.4. The zero-order chi connectivity index (χ0) is 47.3. The molecule has 23 heteroatoms. The van der Waals surface area contributed by atoms with E-state index in [0.717, 1.165) is 29.1 Å². The fraction of sp³-hybridized carbons (Fsp3) is 0.390. The predicted octanol–water partition coefficient (Wildman–Crippen LogP) is 0.771. The zero-order valence-electron chi connectivity index (χ0n) is 34.1. The van der Waals surface area contributed by atoms with Gasteiger partial charge in [0.2, 0.25) is 23.7 Å². The maximum Gasteiger partial charge on any atom is 0.326 e. The first-order valence-corrected chi connectivity index (χ1v) is 19.8. The van der Waals surface area contributed by atoms with E-state index in [2.05, 4.69) is 31.6 Å². The van der Waals surface area contributed by atoms with Crippen LogP contribution in [-0.4, -0.2) is 127 Å². The monoisotopic (exact) mass is 896 g/mol. The molecule has 0 aliphatic heterocycles. The average Bonchev–Trinajstić information content (AvgIpc) is 3.23. The average molecular weight is 897 g/mol. The van der Waals surface area contributed by atoms with Gasteiger partial charge in [0.15, 0.2) is 0 Å². The summed E-state index contributed by atoms with van der Waals surface area (Å²) in [6.07, 6.45) is -2.45. The van der Waals surface area contributed by atoms with Crippen molar-refractivity contribution in [1.82, 2.24) is 36.9 Å². The molecule has 5 atom stereocenters. The molecule has 0 bridgehead atoms. The lowest BCUT2D eigenvalue weighted by atomic mass is 10.00. The summed E-state index contributed by atoms with van der Waals surface area (Å²) in [6.45, 7) is -0.0779. The van der Waals surface area contributed by atoms with Crippen LogP contribution in [0.1, 0.15) is 73.7 Å². The topological polar surface area (TPSA) is 357 Å². The van der Waals surface area contributed by atoms with Crippen LogP contribution in [0, 0.1) is 5.95 Å². The van der Waals surface area contributed by atoms with Crippen LogP contribution < -0.4 is 31.9 Å². The number of carboxylic acids is 5. The van der Waals surface area contributed by atoms with E-state index >= 15 is 0 Å². The summed E-state index contributed by atoms with van der Waals surface area (Å²) in [4.78, 5) is 127. The first-order valence-electron chi connectivity index (χ1n) is 19.8. The summed E-state index contributed by atoms with van der Waals surface area (Å²) in [6, 6.07) is 5.68. The van der Waals surface area contributed by atoms with Crippen molar-refractivity contribution < 1.29 is 77.9 Å². The van der Waals surface area contributed by atoms with Crippen LogP contribution in [0.3, 0.4) is 0 Å². The van der Waals surface area contributed by atoms with Crippen molar-refractivity contribution in [1.29, 1.82) is 0 Å². The Morgan fingerprint density at radius 3 is 1.62 bits per heavy atom. The van der Waals surface area contributed by atoms with Crippen LogP contribution in [-0.2, 0) is 44.8 Å². The molecule has 0 fully saturated rings. The van der Waals surface area contributed by atoms with Gasteiger partial charge in [-0.05, 0) is 67.0 Å². The number of hydrogen-bond acceptors (Lipinski definition) is 11. The Bertz CT molecular complexity index is 2190. The van der Waals surface area contributed by atoms with Gasteiger partial charge in [0.1, 0.15) is 30.2 Å². The summed E-state index contributed by atoms with van der Waals surface area (Å²) in [5.74, 6) is -11.6. The minimum atomic E-state index is -1.63. The van der Waals surface area contributed by atoms with Gasteiger partial charge in [-0.2, -0.15) is 4.39 Å². The number of carboxylic acid groups (broad SMARTS) is 5. The molecule has 0 unspecified atom stereocenters. The van der Waals surface area contributed by atoms with Gasteiger partial charge in [-0.1, -0.05) is 42.5 Å². The SMILES string of the molecule is O=C(O)CC[C@H](NC(=O)N[C@@H](CCCCNC(=O)[C@H](Cc1ccc2ccccc2c1)NC(=O)[C@@H](CCC(=O)O)NC(=O)[C@@H](CCC(=O)O)NC(=O)c1ccc([18F])nc1)C(=O)O)C(=O)O. The van der Waals surface area contributed by atoms with E-state index in [1.54, 1.807) is 24.3 Å². The molecule has 1 aromatic heterocycles. The van der Waals surface area contributed by atoms with E-state index in [0.29, 0.717) is 5.56 Å². The lowest BCUT2D eigenvalue weighted by molar-refractivity contribution is -0.141. The summed E-state index contributed by atoms with van der Waals surface area (Å²) < 4.78 is 13.3. The second-order valence-electron chi connectivity index (χ2n) is 14.4. The number of hydrogen-bond donors (Lipinski definition) is 11. The van der Waals surface area contributed by atoms with Crippen molar-refractivity contribution in [2.75, 3.05) is 6.54 Å². The lowest BCUT2D eigenvalue weighted by Gasteiger charge is -2.25. The van der Waals surface area contributed by atoms with Crippen LogP contribution in [0.5, 0.6) is 0 Å². The number of fused-ring (bicyclic) bond motifs is 1. The Balaban J connectivity index is 1.75. The highest BCUT2D eigenvalue weighted by Crippen LogP contribution is 2.17. The maximum absolute atomic E-state index is 13.9. The van der Waals surface area contributed by atoms with Crippen LogP contribution in [0.25, 0.3) is 10.8 Å². The van der Waals surface area contributed by atoms with Crippen molar-refractivity contribution in [2.45, 2.75) is 94.4 Å². The van der Waals surface area contributed by atoms with E-state index in [-0.39, 0.29) is 37.8 Å². The van der Waals surface area contributed by atoms with Crippen LogP contribution in [0.4, 0.5) is 9.18 Å². The minimum Gasteiger partial charge on any atom is -0.481 e. The summed E-state index contributed by atoms with van der Waals surface area (Å²) >= 11 is 0. The van der Waals surface area contributed by atoms with Crippen molar-refractivity contribution in [3.8, 4) is 0 Å². The molecule has 1 heterocycles. The standard InChI is InChI=1S/C41H48FN7O15/c42-31-14-10-25(21-44-31)35(56)45-26(11-15-32(50)51)37(58)46-27(12-16-33(52)53)38(59)47-30(20-22-8-9-23-5-1-2-6-24(23)19-22)36(57)43-18-4-3-7-28(39(60)61)48-41(64)49-29(40(62)63)13-17-34(54)55/h1-2,5-6,8-10,14,19,21,26-30H,3-4,7,11-13,15-18,20H2,(H,43,57)(H,45,56)(H,46,58)(H,47,59)(H,50,51)(H,52,53)(H,54,55)(H,60,61)(H,62,63)(H2,48,49,64)/t26-,27-,28+,29+,30+/m1/s1/i42-1. The Morgan fingerprint density at radius 2 is 1.08 bits per heavy atom. The first kappa shape index (κ1) is 50.6. The van der Waals surface area contributed by atoms with E-state index in [1.807, 2.05) is 23.5 Å². The molecule has 0 saturated carbocycles. The Labute approximate surface area is 363 Å². The Kier molecular flexibility index (Phi) is 20.0. The molecule has 344 valence electrons. The van der Waals surface area contributed by atoms with Crippen molar-refractivity contribution in [3.63, 3.8) is 0 Å². The number of carbonyl (C=O) groups is 10. The maximum atomic E-state index is 13.9. The smallest absolute Gasteiger partial charge is 0.326 e. The van der Waals surface area contributed by atoms with Crippen molar-refractivity contribution in [3.05, 3.63) is 77.9 Å². The van der Waals surface area contributed by atoms with Gasteiger partial charge >= 0.3 is 35.9 Å². The van der Waals surface area contributed by atoms with Gasteiger partial charge in [0, 0.05) is 38.4 Å². The number of nitrogens with one attached hydrogen (secondary N) is 6. The van der Waals surface area contributed by atoms with Crippen molar-refractivity contribution >= 4 is 70.3 Å². The van der Waals surface area contributed by atoms with Gasteiger partial charge in [0.05, 0.1) is 5.56 Å². The zero-order valence-corrected chi connectivity index (χ0v) is 34.1. The molecule has 0 saturated heterocycles. The number of aliphatic carboxylic acids is 5. The van der Waals surface area contributed by atoms with Gasteiger partial charge in [-0.25, -0.2) is 19.4 Å². The number of halogens is 1. The summed E-state index contributed by atoms with van der Waals surface area (Å²) in [7, 11) is 0. The fourth-order valence-corrected chi connectivity index (χ4v) is 6.13. The molecule has 11 N–H and O–H groups in total. The molecule has 64 heavy (non-hydrogen) atoms. The van der Waals surface area contributed by atoms with Crippen LogP contribution >= 0.6 is 0 Å². The number of unbranched alkanes of at least 4 members (excludes halogenated alkanes) is 1. The Morgan fingerprint density at radius 1 is 0.547 bits per heavy atom. The van der Waals surface area contributed by atoms with E-state index in [4.69, 9.17) is 5.11 Å². The molecule has 6 amide bonds. The number of benzene rings is 2. The molecular weight excluding hydrogens is 848 g/mol. The highest BCUT2D eigenvalue weighted by Gasteiger charge is 2.31. The predicted molar refractivity (Wildman–Crippen MR) is 219 cm³/mol. The minimum absolute atomic E-state index is 0.0779. The van der Waals surface area contributed by atoms with E-state index in [1.165, 1.54) is 0 Å². The molecule has 0 aliphatic carbocycles. The molecule has 0 spiro atoms. The molecule has 0 aliphatic rings. The third-order valence-electron chi connectivity index (χ3n) is 9.50. The number of pyridine rings is 1. The Hall–Kier alpha value is -7.72. The number of urea groups is 1. The van der Waals surface area contributed by atoms with Gasteiger partial charge in [-0.15, -0.1) is 0 Å². The van der Waals surface area contributed by atoms with Crippen molar-refractivity contribution in [2.24, 2.45) is 0 Å². The first-order chi connectivity index (χ1) is 30.3. The van der Waals surface area contributed by atoms with Gasteiger partial charge in [-0.3, -0.25) is 33.6 Å². The largest absolute Gasteiger partial charge is 0.481 e. The molecule has 3 rings (SSSR count). The van der Waals surface area contributed by atoms with Crippen LogP contribution in [0.2, 0.25) is 0 Å². The third-order valence-corrected chi connectivity index (χ3v) is 9.50. The van der Waals surface area contributed by atoms with Gasteiger partial charge in [0.25, 0.3) is 5.91 Å². The molecule has 3 aromatic rings. The number of rotatable bonds is 27. The fourth-order valence-electron chi connectivity index (χ4n) is 6.13. The lowest BCUT2D eigenvalue weighted by Crippen LogP contribution is -2.57. The number of amides is 6. The number of aromatic nitrogens is 1. The quantitative estimate of drug-likeness (QED) is 0.0372. The summed E-state index contributed by atoms with van der Waals surface area (Å²) in [5, 5.41) is 62.1. The van der Waals surface area contributed by atoms with Gasteiger partial charge < -0.3 is 57.4 Å².